The Labute approximate surface area is 133 Å². The van der Waals surface area contributed by atoms with Crippen LogP contribution < -0.4 is 3.27 Å². The zero-order valence-corrected chi connectivity index (χ0v) is 15.4. The second-order valence-electron chi connectivity index (χ2n) is 6.49. The van der Waals surface area contributed by atoms with Gasteiger partial charge in [-0.2, -0.15) is 0 Å². The SMILES string of the molecule is [Bi][c]1ccc(C2CCCCC2)cc1C1CCCCC1. The first-order valence-corrected chi connectivity index (χ1v) is 9.91. The maximum absolute atomic E-state index is 2.61. The predicted molar refractivity (Wildman–Crippen MR) is 83.5 cm³/mol. The summed E-state index contributed by atoms with van der Waals surface area (Å²) in [5, 5.41) is 0. The van der Waals surface area contributed by atoms with Gasteiger partial charge in [-0.05, 0) is 0 Å². The van der Waals surface area contributed by atoms with Crippen LogP contribution in [0, 0.1) is 0 Å². The zero-order chi connectivity index (χ0) is 13.1. The van der Waals surface area contributed by atoms with Gasteiger partial charge in [-0.1, -0.05) is 0 Å². The van der Waals surface area contributed by atoms with E-state index in [1.165, 1.54) is 88.9 Å². The van der Waals surface area contributed by atoms with Crippen LogP contribution in [0.3, 0.4) is 0 Å². The van der Waals surface area contributed by atoms with Crippen molar-refractivity contribution in [2.45, 2.75) is 76.0 Å². The van der Waals surface area contributed by atoms with Crippen LogP contribution in [0.15, 0.2) is 18.2 Å². The first-order valence-electron chi connectivity index (χ1n) is 8.17. The molecule has 19 heavy (non-hydrogen) atoms. The van der Waals surface area contributed by atoms with Crippen molar-refractivity contribution in [2.75, 3.05) is 0 Å². The van der Waals surface area contributed by atoms with E-state index >= 15 is 0 Å². The minimum absolute atomic E-state index is 0.870. The molecule has 2 fully saturated rings. The quantitative estimate of drug-likeness (QED) is 0.579. The van der Waals surface area contributed by atoms with Gasteiger partial charge in [0.1, 0.15) is 0 Å². The van der Waals surface area contributed by atoms with Crippen molar-refractivity contribution in [1.29, 1.82) is 0 Å². The third-order valence-electron chi connectivity index (χ3n) is 5.17. The van der Waals surface area contributed by atoms with Crippen molar-refractivity contribution >= 4 is 28.0 Å². The molecule has 2 radical (unpaired) electrons. The molecule has 0 N–H and O–H groups in total. The van der Waals surface area contributed by atoms with Gasteiger partial charge >= 0.3 is 133 Å². The zero-order valence-electron chi connectivity index (χ0n) is 11.9. The Morgan fingerprint density at radius 2 is 1.32 bits per heavy atom. The molecule has 0 aliphatic heterocycles. The maximum atomic E-state index is 2.61. The summed E-state index contributed by atoms with van der Waals surface area (Å²) in [5.74, 6) is 1.76. The van der Waals surface area contributed by atoms with Crippen LogP contribution in [0.2, 0.25) is 0 Å². The van der Waals surface area contributed by atoms with Gasteiger partial charge < -0.3 is 0 Å². The molecule has 2 saturated carbocycles. The van der Waals surface area contributed by atoms with Crippen molar-refractivity contribution in [1.82, 2.24) is 0 Å². The third-order valence-corrected chi connectivity index (χ3v) is 6.76. The van der Waals surface area contributed by atoms with E-state index in [0.717, 1.165) is 11.8 Å². The van der Waals surface area contributed by atoms with Gasteiger partial charge in [0, 0.05) is 0 Å². The Balaban J connectivity index is 1.82. The first-order chi connectivity index (χ1) is 9.34. The molecule has 0 atom stereocenters. The molecule has 1 aromatic carbocycles. The van der Waals surface area contributed by atoms with Crippen LogP contribution >= 0.6 is 0 Å². The van der Waals surface area contributed by atoms with E-state index in [2.05, 4.69) is 18.2 Å². The van der Waals surface area contributed by atoms with E-state index in [1.54, 1.807) is 14.4 Å². The summed E-state index contributed by atoms with van der Waals surface area (Å²) in [6.45, 7) is 0. The van der Waals surface area contributed by atoms with Gasteiger partial charge in [-0.15, -0.1) is 0 Å². The molecule has 0 unspecified atom stereocenters. The van der Waals surface area contributed by atoms with Crippen molar-refractivity contribution < 1.29 is 0 Å². The number of benzene rings is 1. The fourth-order valence-corrected chi connectivity index (χ4v) is 5.25. The third kappa shape index (κ3) is 3.41. The Morgan fingerprint density at radius 1 is 0.737 bits per heavy atom. The molecular formula is C18H25Bi. The van der Waals surface area contributed by atoms with Crippen LogP contribution in [0.25, 0.3) is 0 Å². The van der Waals surface area contributed by atoms with E-state index in [4.69, 9.17) is 0 Å². The van der Waals surface area contributed by atoms with Crippen LogP contribution in [0.1, 0.15) is 87.2 Å². The summed E-state index contributed by atoms with van der Waals surface area (Å²) in [6, 6.07) is 7.50. The second-order valence-corrected chi connectivity index (χ2v) is 8.36. The van der Waals surface area contributed by atoms with Crippen molar-refractivity contribution in [3.63, 3.8) is 0 Å². The van der Waals surface area contributed by atoms with Gasteiger partial charge in [0.05, 0.1) is 0 Å². The fraction of sp³-hybridized carbons (Fsp3) is 0.667. The molecular weight excluding hydrogens is 425 g/mol. The summed E-state index contributed by atoms with van der Waals surface area (Å²) in [4.78, 5) is 0. The molecule has 2 aliphatic carbocycles. The van der Waals surface area contributed by atoms with Crippen LogP contribution in [0.4, 0.5) is 0 Å². The molecule has 2 aliphatic rings. The van der Waals surface area contributed by atoms with Crippen LogP contribution in [0.5, 0.6) is 0 Å². The molecule has 0 heterocycles. The Bertz CT molecular complexity index is 412. The Morgan fingerprint density at radius 3 is 1.95 bits per heavy atom. The Hall–Kier alpha value is 0.103. The Kier molecular flexibility index (Phi) is 4.96. The summed E-state index contributed by atoms with van der Waals surface area (Å²) >= 11 is 1.44. The number of rotatable bonds is 2. The topological polar surface area (TPSA) is 0 Å². The molecule has 0 nitrogen and oxygen atoms in total. The predicted octanol–water partition coefficient (Wildman–Crippen LogP) is 4.58. The number of hydrogen-bond acceptors (Lipinski definition) is 0. The molecule has 0 bridgehead atoms. The standard InChI is InChI=1S/C18H25.Bi/c1-3-8-15(9-4-1)17-12-7-13-18(14-17)16-10-5-2-6-11-16;/h7,12,14-16H,1-6,8-11H2;. The molecule has 1 aromatic rings. The van der Waals surface area contributed by atoms with E-state index < -0.39 is 0 Å². The van der Waals surface area contributed by atoms with E-state index in [0.29, 0.717) is 0 Å². The molecule has 0 saturated heterocycles. The van der Waals surface area contributed by atoms with Gasteiger partial charge in [0.25, 0.3) is 0 Å². The van der Waals surface area contributed by atoms with Gasteiger partial charge in [-0.3, -0.25) is 0 Å². The summed E-state index contributed by atoms with van der Waals surface area (Å²) in [5.41, 5.74) is 3.39. The van der Waals surface area contributed by atoms with E-state index in [-0.39, 0.29) is 0 Å². The molecule has 0 spiro atoms. The number of hydrogen-bond donors (Lipinski definition) is 0. The monoisotopic (exact) mass is 450 g/mol. The molecule has 3 rings (SSSR count). The molecule has 0 amide bonds. The normalized spacial score (nSPS) is 22.6. The van der Waals surface area contributed by atoms with Gasteiger partial charge in [-0.25, -0.2) is 0 Å². The van der Waals surface area contributed by atoms with E-state index in [1.807, 2.05) is 0 Å². The van der Waals surface area contributed by atoms with Crippen LogP contribution in [-0.4, -0.2) is 24.7 Å². The van der Waals surface area contributed by atoms with Gasteiger partial charge in [0.2, 0.25) is 0 Å². The molecule has 0 aromatic heterocycles. The van der Waals surface area contributed by atoms with Crippen molar-refractivity contribution in [3.05, 3.63) is 29.3 Å². The first kappa shape index (κ1) is 14.1. The van der Waals surface area contributed by atoms with Crippen molar-refractivity contribution in [2.24, 2.45) is 0 Å². The van der Waals surface area contributed by atoms with Crippen LogP contribution in [-0.2, 0) is 0 Å². The van der Waals surface area contributed by atoms with Crippen molar-refractivity contribution in [3.8, 4) is 0 Å². The minimum atomic E-state index is 0.870. The fourth-order valence-electron chi connectivity index (χ4n) is 4.00. The molecule has 1 heteroatoms. The van der Waals surface area contributed by atoms with E-state index in [9.17, 15) is 0 Å². The average Bonchev–Trinajstić information content (AvgIpc) is 2.49. The van der Waals surface area contributed by atoms with Gasteiger partial charge in [0.15, 0.2) is 0 Å². The summed E-state index contributed by atoms with van der Waals surface area (Å²) in [6.07, 6.45) is 14.5. The summed E-state index contributed by atoms with van der Waals surface area (Å²) in [7, 11) is 0. The second kappa shape index (κ2) is 6.70. The molecule has 102 valence electrons. The average molecular weight is 450 g/mol. The summed E-state index contributed by atoms with van der Waals surface area (Å²) < 4.78 is 1.64.